The van der Waals surface area contributed by atoms with E-state index < -0.39 is 11.8 Å². The van der Waals surface area contributed by atoms with Gasteiger partial charge in [0.15, 0.2) is 5.79 Å². The highest BCUT2D eigenvalue weighted by molar-refractivity contribution is 5.86. The number of hydrogen-bond acceptors (Lipinski definition) is 6. The molecule has 0 radical (unpaired) electrons. The van der Waals surface area contributed by atoms with Gasteiger partial charge in [-0.05, 0) is 83.0 Å². The maximum Gasteiger partial charge on any atom is 0.333 e. The first-order chi connectivity index (χ1) is 14.6. The second-order valence-electron chi connectivity index (χ2n) is 10.8. The minimum absolute atomic E-state index is 0.121. The highest BCUT2D eigenvalue weighted by atomic mass is 16.7. The number of carbonyl (C=O) groups is 2. The van der Waals surface area contributed by atoms with Gasteiger partial charge in [0.05, 0.1) is 18.6 Å². The molecule has 6 heteroatoms. The summed E-state index contributed by atoms with van der Waals surface area (Å²) in [7, 11) is 0. The molecule has 0 aromatic carbocycles. The van der Waals surface area contributed by atoms with E-state index in [-0.39, 0.29) is 36.8 Å². The molecule has 4 aliphatic carbocycles. The number of rotatable bonds is 7. The van der Waals surface area contributed by atoms with Crippen LogP contribution in [0.4, 0.5) is 0 Å². The lowest BCUT2D eigenvalue weighted by Crippen LogP contribution is -2.59. The van der Waals surface area contributed by atoms with Gasteiger partial charge < -0.3 is 18.9 Å². The molecule has 0 aromatic heterocycles. The van der Waals surface area contributed by atoms with Crippen molar-refractivity contribution in [2.45, 2.75) is 103 Å². The zero-order valence-electron chi connectivity index (χ0n) is 19.5. The predicted octanol–water partition coefficient (Wildman–Crippen LogP) is 4.55. The standard InChI is InChI=1S/C25H38O6/c1-6-25(18-8-16-7-17(10-18)11-19(25)9-16)31-22(26)13-20-12-21(30-24(4,5)29-20)14-28-23(27)15(2)3/h16-21H,2,6-14H2,1,3-5H3. The lowest BCUT2D eigenvalue weighted by Gasteiger charge is -2.60. The average molecular weight is 435 g/mol. The van der Waals surface area contributed by atoms with Crippen LogP contribution in [0, 0.1) is 23.7 Å². The summed E-state index contributed by atoms with van der Waals surface area (Å²) in [5, 5.41) is 0. The molecule has 6 nitrogen and oxygen atoms in total. The molecule has 31 heavy (non-hydrogen) atoms. The zero-order chi connectivity index (χ0) is 22.4. The Balaban J connectivity index is 1.37. The predicted molar refractivity (Wildman–Crippen MR) is 115 cm³/mol. The third-order valence-electron chi connectivity index (χ3n) is 7.95. The van der Waals surface area contributed by atoms with Crippen molar-refractivity contribution in [2.75, 3.05) is 6.61 Å². The first-order valence-electron chi connectivity index (χ1n) is 12.0. The molecule has 2 atom stereocenters. The maximum atomic E-state index is 13.1. The molecule has 4 bridgehead atoms. The Morgan fingerprint density at radius 3 is 2.10 bits per heavy atom. The third-order valence-corrected chi connectivity index (χ3v) is 7.95. The molecule has 0 spiro atoms. The Kier molecular flexibility index (Phi) is 6.25. The van der Waals surface area contributed by atoms with E-state index in [4.69, 9.17) is 18.9 Å². The minimum atomic E-state index is -0.853. The van der Waals surface area contributed by atoms with Crippen molar-refractivity contribution in [2.24, 2.45) is 23.7 Å². The molecule has 5 fully saturated rings. The van der Waals surface area contributed by atoms with Gasteiger partial charge in [0.1, 0.15) is 12.2 Å². The van der Waals surface area contributed by atoms with Crippen LogP contribution in [0.2, 0.25) is 0 Å². The second kappa shape index (κ2) is 8.51. The first kappa shape index (κ1) is 22.8. The van der Waals surface area contributed by atoms with E-state index in [0.717, 1.165) is 18.3 Å². The summed E-state index contributed by atoms with van der Waals surface area (Å²) in [6.45, 7) is 11.2. The molecular formula is C25H38O6. The summed E-state index contributed by atoms with van der Waals surface area (Å²) >= 11 is 0. The number of ether oxygens (including phenoxy) is 4. The molecule has 0 aromatic rings. The summed E-state index contributed by atoms with van der Waals surface area (Å²) in [5.41, 5.74) is 0.0636. The Morgan fingerprint density at radius 2 is 1.55 bits per heavy atom. The summed E-state index contributed by atoms with van der Waals surface area (Å²) in [4.78, 5) is 24.8. The SMILES string of the molecule is C=C(C)C(=O)OCC1CC(CC(=O)OC2(CC)C3CC4CC(C3)CC2C4)OC(C)(C)O1. The Morgan fingerprint density at radius 1 is 0.968 bits per heavy atom. The molecule has 1 saturated heterocycles. The van der Waals surface area contributed by atoms with Crippen molar-refractivity contribution in [3.8, 4) is 0 Å². The monoisotopic (exact) mass is 434 g/mol. The largest absolute Gasteiger partial charge is 0.460 e. The summed E-state index contributed by atoms with van der Waals surface area (Å²) in [6.07, 6.45) is 7.16. The van der Waals surface area contributed by atoms with Crippen LogP contribution in [0.5, 0.6) is 0 Å². The van der Waals surface area contributed by atoms with Crippen LogP contribution >= 0.6 is 0 Å². The summed E-state index contributed by atoms with van der Waals surface area (Å²) in [6, 6.07) is 0. The minimum Gasteiger partial charge on any atom is -0.460 e. The third kappa shape index (κ3) is 4.70. The maximum absolute atomic E-state index is 13.1. The van der Waals surface area contributed by atoms with Crippen molar-refractivity contribution in [3.05, 3.63) is 12.2 Å². The van der Waals surface area contributed by atoms with E-state index in [9.17, 15) is 9.59 Å². The fourth-order valence-electron chi connectivity index (χ4n) is 6.98. The molecule has 5 rings (SSSR count). The number of hydrogen-bond donors (Lipinski definition) is 0. The van der Waals surface area contributed by atoms with Crippen molar-refractivity contribution in [3.63, 3.8) is 0 Å². The quantitative estimate of drug-likeness (QED) is 0.432. The number of carbonyl (C=O) groups excluding carboxylic acids is 2. The molecular weight excluding hydrogens is 396 g/mol. The van der Waals surface area contributed by atoms with Crippen LogP contribution in [0.1, 0.15) is 79.1 Å². The lowest BCUT2D eigenvalue weighted by atomic mass is 9.49. The smallest absolute Gasteiger partial charge is 0.333 e. The first-order valence-corrected chi connectivity index (χ1v) is 12.0. The van der Waals surface area contributed by atoms with E-state index in [2.05, 4.69) is 13.5 Å². The molecule has 4 saturated carbocycles. The van der Waals surface area contributed by atoms with Gasteiger partial charge in [-0.2, -0.15) is 0 Å². The van der Waals surface area contributed by atoms with Gasteiger partial charge in [-0.3, -0.25) is 4.79 Å². The highest BCUT2D eigenvalue weighted by Gasteiger charge is 2.58. The van der Waals surface area contributed by atoms with Gasteiger partial charge in [0, 0.05) is 12.0 Å². The van der Waals surface area contributed by atoms with Crippen molar-refractivity contribution < 1.29 is 28.5 Å². The van der Waals surface area contributed by atoms with Crippen molar-refractivity contribution in [1.29, 1.82) is 0 Å². The Labute approximate surface area is 186 Å². The van der Waals surface area contributed by atoms with E-state index >= 15 is 0 Å². The van der Waals surface area contributed by atoms with Gasteiger partial charge in [-0.15, -0.1) is 0 Å². The van der Waals surface area contributed by atoms with Crippen LogP contribution in [-0.2, 0) is 28.5 Å². The van der Waals surface area contributed by atoms with E-state index in [0.29, 0.717) is 23.8 Å². The van der Waals surface area contributed by atoms with Crippen LogP contribution in [0.25, 0.3) is 0 Å². The van der Waals surface area contributed by atoms with E-state index in [1.807, 2.05) is 13.8 Å². The van der Waals surface area contributed by atoms with Gasteiger partial charge in [-0.25, -0.2) is 4.79 Å². The van der Waals surface area contributed by atoms with Gasteiger partial charge >= 0.3 is 11.9 Å². The highest BCUT2D eigenvalue weighted by Crippen LogP contribution is 2.60. The van der Waals surface area contributed by atoms with Gasteiger partial charge in [-0.1, -0.05) is 13.5 Å². The van der Waals surface area contributed by atoms with Crippen LogP contribution in [0.3, 0.4) is 0 Å². The molecule has 174 valence electrons. The lowest BCUT2D eigenvalue weighted by molar-refractivity contribution is -0.305. The van der Waals surface area contributed by atoms with Crippen molar-refractivity contribution >= 4 is 11.9 Å². The molecule has 0 amide bonds. The Hall–Kier alpha value is -1.40. The fraction of sp³-hybridized carbons (Fsp3) is 0.840. The van der Waals surface area contributed by atoms with Crippen LogP contribution in [0.15, 0.2) is 12.2 Å². The number of esters is 2. The van der Waals surface area contributed by atoms with Crippen LogP contribution in [-0.4, -0.2) is 42.1 Å². The van der Waals surface area contributed by atoms with Gasteiger partial charge in [0.25, 0.3) is 0 Å². The molecule has 1 aliphatic heterocycles. The fourth-order valence-corrected chi connectivity index (χ4v) is 6.98. The molecule has 0 N–H and O–H groups in total. The average Bonchev–Trinajstić information content (AvgIpc) is 2.67. The second-order valence-corrected chi connectivity index (χ2v) is 10.8. The van der Waals surface area contributed by atoms with Gasteiger partial charge in [0.2, 0.25) is 0 Å². The Bertz CT molecular complexity index is 698. The summed E-state index contributed by atoms with van der Waals surface area (Å²) in [5.74, 6) is 1.24. The van der Waals surface area contributed by atoms with Crippen molar-refractivity contribution in [1.82, 2.24) is 0 Å². The molecule has 5 aliphatic rings. The zero-order valence-corrected chi connectivity index (χ0v) is 19.5. The van der Waals surface area contributed by atoms with E-state index in [1.54, 1.807) is 6.92 Å². The topological polar surface area (TPSA) is 71.1 Å². The normalized spacial score (nSPS) is 40.4. The molecule has 2 unspecified atom stereocenters. The van der Waals surface area contributed by atoms with E-state index in [1.165, 1.54) is 32.1 Å². The molecule has 1 heterocycles. The van der Waals surface area contributed by atoms with Crippen LogP contribution < -0.4 is 0 Å². The summed E-state index contributed by atoms with van der Waals surface area (Å²) < 4.78 is 23.5.